The number of aromatic hydroxyl groups is 1. The molecule has 0 unspecified atom stereocenters. The van der Waals surface area contributed by atoms with E-state index in [4.69, 9.17) is 24.4 Å². The molecule has 1 aliphatic rings. The fraction of sp³-hybridized carbons (Fsp3) is 0.414. The van der Waals surface area contributed by atoms with E-state index in [9.17, 15) is 28.7 Å². The summed E-state index contributed by atoms with van der Waals surface area (Å²) < 4.78 is 47.2. The maximum absolute atomic E-state index is 15.2. The molecule has 1 aromatic carbocycles. The van der Waals surface area contributed by atoms with Gasteiger partial charge in [0.2, 0.25) is 5.91 Å². The summed E-state index contributed by atoms with van der Waals surface area (Å²) in [7, 11) is 1.41. The van der Waals surface area contributed by atoms with Crippen molar-refractivity contribution in [2.45, 2.75) is 46.2 Å². The van der Waals surface area contributed by atoms with Crippen LogP contribution in [0.25, 0.3) is 10.2 Å². The number of hydrogen-bond donors (Lipinski definition) is 3. The number of halogens is 2. The number of phenolic OH excluding ortho intramolecular Hbond substituents is 1. The smallest absolute Gasteiger partial charge is 0.306 e. The van der Waals surface area contributed by atoms with Gasteiger partial charge < -0.3 is 34.4 Å². The van der Waals surface area contributed by atoms with E-state index in [0.717, 1.165) is 16.2 Å². The predicted molar refractivity (Wildman–Crippen MR) is 151 cm³/mol. The Hall–Kier alpha value is -4.53. The lowest BCUT2D eigenvalue weighted by molar-refractivity contribution is -0.145. The first kappa shape index (κ1) is 32.4. The maximum atomic E-state index is 15.2. The van der Waals surface area contributed by atoms with Crippen LogP contribution < -0.4 is 14.2 Å². The average Bonchev–Trinajstić information content (AvgIpc) is 3.62. The van der Waals surface area contributed by atoms with Gasteiger partial charge in [-0.3, -0.25) is 19.2 Å². The van der Waals surface area contributed by atoms with E-state index in [1.807, 2.05) is 0 Å². The second-order valence-corrected chi connectivity index (χ2v) is 11.4. The molecule has 3 N–H and O–H groups in total. The number of aromatic nitrogens is 1. The van der Waals surface area contributed by atoms with Gasteiger partial charge in [0.05, 0.1) is 47.3 Å². The average molecular weight is 637 g/mol. The third kappa shape index (κ3) is 6.82. The normalized spacial score (nSPS) is 13.8. The predicted octanol–water partition coefficient (Wildman–Crippen LogP) is 4.38. The second kappa shape index (κ2) is 13.4. The monoisotopic (exact) mass is 636 g/mol. The van der Waals surface area contributed by atoms with Crippen LogP contribution in [0.5, 0.6) is 23.1 Å². The molecule has 0 aliphatic carbocycles. The number of phenols is 1. The lowest BCUT2D eigenvalue weighted by Gasteiger charge is -2.16. The van der Waals surface area contributed by atoms with Crippen molar-refractivity contribution in [2.24, 2.45) is 11.8 Å². The number of ether oxygens (including phenoxy) is 3. The van der Waals surface area contributed by atoms with Crippen LogP contribution in [0, 0.1) is 23.5 Å². The maximum Gasteiger partial charge on any atom is 0.306 e. The number of carbonyl (C=O) groups is 4. The van der Waals surface area contributed by atoms with Gasteiger partial charge in [0.15, 0.2) is 34.7 Å². The minimum Gasteiger partial charge on any atom is -0.502 e. The molecule has 1 amide bonds. The molecular formula is C29H30F2N2O10S. The first-order valence-electron chi connectivity index (χ1n) is 13.5. The summed E-state index contributed by atoms with van der Waals surface area (Å²) in [6, 6.07) is 3.18. The highest BCUT2D eigenvalue weighted by molar-refractivity contribution is 7.20. The number of benzene rings is 1. The van der Waals surface area contributed by atoms with Crippen molar-refractivity contribution in [3.8, 4) is 23.1 Å². The van der Waals surface area contributed by atoms with E-state index in [-0.39, 0.29) is 74.1 Å². The summed E-state index contributed by atoms with van der Waals surface area (Å²) in [5, 5.41) is 28.4. The number of methoxy groups -OCH3 is 1. The zero-order valence-corrected chi connectivity index (χ0v) is 24.8. The Morgan fingerprint density at radius 1 is 0.977 bits per heavy atom. The molecule has 2 aromatic heterocycles. The Bertz CT molecular complexity index is 1630. The van der Waals surface area contributed by atoms with Gasteiger partial charge in [-0.2, -0.15) is 0 Å². The number of carboxylic acid groups (broad SMARTS) is 2. The molecule has 3 aromatic rings. The Balaban J connectivity index is 1.37. The number of thiophene rings is 1. The SMILES string of the molecule is COc1cc2sc(C(=O)C[C@H](C)C(=O)O)cc2nc1OCCCOc1c(O)c(F)c2c(c1F)CN(C(=O)C[C@H](C)C(=O)O)C2. The highest BCUT2D eigenvalue weighted by atomic mass is 32.1. The van der Waals surface area contributed by atoms with Crippen molar-refractivity contribution in [3.63, 3.8) is 0 Å². The van der Waals surface area contributed by atoms with Crippen molar-refractivity contribution in [1.29, 1.82) is 0 Å². The van der Waals surface area contributed by atoms with Crippen LogP contribution in [-0.4, -0.2) is 69.2 Å². The summed E-state index contributed by atoms with van der Waals surface area (Å²) in [5.74, 6) is -8.47. The molecule has 15 heteroatoms. The number of amides is 1. The van der Waals surface area contributed by atoms with Crippen LogP contribution in [0.15, 0.2) is 12.1 Å². The fourth-order valence-electron chi connectivity index (χ4n) is 4.49. The first-order chi connectivity index (χ1) is 20.8. The van der Waals surface area contributed by atoms with Gasteiger partial charge in [-0.1, -0.05) is 13.8 Å². The standard InChI is InChI=1S/C29H30F2N2O10S/c1-13(28(37)38)7-18(34)21-9-17-20(44-21)10-19(41-3)27(32-17)43-6-4-5-42-26-24(31)16-12-33(11-15(16)23(30)25(26)36)22(35)8-14(2)29(39)40/h9-10,13-14,36H,4-8,11-12H2,1-3H3,(H,37,38)(H,39,40)/t13-,14-/m0/s1. The topological polar surface area (TPSA) is 173 Å². The van der Waals surface area contributed by atoms with E-state index in [2.05, 4.69) is 4.98 Å². The van der Waals surface area contributed by atoms with Crippen LogP contribution >= 0.6 is 11.3 Å². The molecule has 1 aliphatic heterocycles. The highest BCUT2D eigenvalue weighted by Crippen LogP contribution is 2.41. The number of carboxylic acids is 2. The molecule has 0 fully saturated rings. The van der Waals surface area contributed by atoms with E-state index < -0.39 is 52.8 Å². The summed E-state index contributed by atoms with van der Waals surface area (Å²) in [6.45, 7) is 2.00. The molecule has 0 saturated carbocycles. The molecule has 4 rings (SSSR count). The van der Waals surface area contributed by atoms with Gasteiger partial charge in [-0.05, 0) is 6.07 Å². The third-order valence-electron chi connectivity index (χ3n) is 7.09. The lowest BCUT2D eigenvalue weighted by Crippen LogP contribution is -2.28. The molecule has 0 saturated heterocycles. The quantitative estimate of drug-likeness (QED) is 0.169. The van der Waals surface area contributed by atoms with Gasteiger partial charge in [-0.15, -0.1) is 11.3 Å². The summed E-state index contributed by atoms with van der Waals surface area (Å²) in [4.78, 5) is 53.0. The number of hydrogen-bond acceptors (Lipinski definition) is 10. The minimum absolute atomic E-state index is 0.000757. The molecule has 12 nitrogen and oxygen atoms in total. The Labute approximate surface area is 253 Å². The van der Waals surface area contributed by atoms with E-state index in [1.165, 1.54) is 21.0 Å². The van der Waals surface area contributed by atoms with Gasteiger partial charge in [-0.25, -0.2) is 13.8 Å². The molecule has 0 spiro atoms. The van der Waals surface area contributed by atoms with Crippen LogP contribution in [0.1, 0.15) is 53.9 Å². The number of pyridine rings is 1. The minimum atomic E-state index is -1.17. The highest BCUT2D eigenvalue weighted by Gasteiger charge is 2.34. The largest absolute Gasteiger partial charge is 0.502 e. The van der Waals surface area contributed by atoms with Crippen LogP contribution in [0.3, 0.4) is 0 Å². The number of rotatable bonds is 14. The Morgan fingerprint density at radius 2 is 1.59 bits per heavy atom. The van der Waals surface area contributed by atoms with Crippen molar-refractivity contribution in [1.82, 2.24) is 9.88 Å². The zero-order chi connectivity index (χ0) is 32.3. The van der Waals surface area contributed by atoms with Crippen molar-refractivity contribution in [2.75, 3.05) is 20.3 Å². The van der Waals surface area contributed by atoms with E-state index in [0.29, 0.717) is 15.1 Å². The fourth-order valence-corrected chi connectivity index (χ4v) is 5.47. The summed E-state index contributed by atoms with van der Waals surface area (Å²) in [5.41, 5.74) is 0.0883. The zero-order valence-electron chi connectivity index (χ0n) is 24.0. The number of Topliss-reactive ketones (excluding diaryl/α,β-unsaturated/α-hetero) is 1. The van der Waals surface area contributed by atoms with Crippen molar-refractivity contribution >= 4 is 45.2 Å². The summed E-state index contributed by atoms with van der Waals surface area (Å²) in [6.07, 6.45) is -0.347. The van der Waals surface area contributed by atoms with Crippen LogP contribution in [-0.2, 0) is 27.5 Å². The molecule has 0 bridgehead atoms. The molecule has 3 heterocycles. The summed E-state index contributed by atoms with van der Waals surface area (Å²) >= 11 is 1.15. The van der Waals surface area contributed by atoms with Gasteiger partial charge >= 0.3 is 11.9 Å². The number of fused-ring (bicyclic) bond motifs is 2. The lowest BCUT2D eigenvalue weighted by atomic mass is 10.0. The number of nitrogens with zero attached hydrogens (tertiary/aromatic N) is 2. The van der Waals surface area contributed by atoms with Crippen molar-refractivity contribution < 1.29 is 57.5 Å². The van der Waals surface area contributed by atoms with Crippen molar-refractivity contribution in [3.05, 3.63) is 39.8 Å². The molecular weight excluding hydrogens is 606 g/mol. The van der Waals surface area contributed by atoms with E-state index in [1.54, 1.807) is 12.1 Å². The van der Waals surface area contributed by atoms with Crippen LogP contribution in [0.4, 0.5) is 8.78 Å². The molecule has 44 heavy (non-hydrogen) atoms. The Morgan fingerprint density at radius 3 is 2.23 bits per heavy atom. The number of aliphatic carboxylic acids is 2. The third-order valence-corrected chi connectivity index (χ3v) is 8.20. The van der Waals surface area contributed by atoms with Crippen LogP contribution in [0.2, 0.25) is 0 Å². The molecule has 0 radical (unpaired) electrons. The number of ketones is 1. The molecule has 236 valence electrons. The number of carbonyl (C=O) groups excluding carboxylic acids is 2. The van der Waals surface area contributed by atoms with Gasteiger partial charge in [0.1, 0.15) is 0 Å². The van der Waals surface area contributed by atoms with Gasteiger partial charge in [0.25, 0.3) is 5.88 Å². The van der Waals surface area contributed by atoms with E-state index >= 15 is 4.39 Å². The second-order valence-electron chi connectivity index (χ2n) is 10.4. The Kier molecular flexibility index (Phi) is 9.87. The first-order valence-corrected chi connectivity index (χ1v) is 14.4. The van der Waals surface area contributed by atoms with Gasteiger partial charge in [0, 0.05) is 49.5 Å². The molecule has 2 atom stereocenters.